The molecule has 7 heteroatoms. The maximum absolute atomic E-state index is 12.4. The van der Waals surface area contributed by atoms with Crippen LogP contribution in [0.1, 0.15) is 44.1 Å². The molecule has 0 aromatic heterocycles. The van der Waals surface area contributed by atoms with Crippen LogP contribution in [0.25, 0.3) is 0 Å². The normalized spacial score (nSPS) is 21.1. The number of rotatable bonds is 5. The van der Waals surface area contributed by atoms with Gasteiger partial charge in [-0.3, -0.25) is 9.52 Å². The summed E-state index contributed by atoms with van der Waals surface area (Å²) < 4.78 is 29.9. The van der Waals surface area contributed by atoms with Gasteiger partial charge in [0.2, 0.25) is 5.91 Å². The summed E-state index contributed by atoms with van der Waals surface area (Å²) in [6.07, 6.45) is 6.73. The highest BCUT2D eigenvalue weighted by molar-refractivity contribution is 7.90. The molecule has 0 atom stereocenters. The molecule has 2 aliphatic carbocycles. The number of anilines is 2. The Labute approximate surface area is 142 Å². The van der Waals surface area contributed by atoms with Crippen LogP contribution in [0, 0.1) is 5.92 Å². The number of amides is 1. The molecular formula is C17H23N3O3S. The van der Waals surface area contributed by atoms with Crippen LogP contribution in [-0.2, 0) is 21.4 Å². The molecule has 3 aliphatic rings. The minimum Gasteiger partial charge on any atom is -0.312 e. The number of nitrogens with one attached hydrogen (secondary N) is 2. The van der Waals surface area contributed by atoms with E-state index in [1.807, 2.05) is 11.0 Å². The van der Waals surface area contributed by atoms with E-state index in [1.54, 1.807) is 12.1 Å². The first-order valence-electron chi connectivity index (χ1n) is 8.76. The summed E-state index contributed by atoms with van der Waals surface area (Å²) in [6, 6.07) is 5.52. The lowest BCUT2D eigenvalue weighted by molar-refractivity contribution is -0.119. The fourth-order valence-electron chi connectivity index (χ4n) is 3.67. The van der Waals surface area contributed by atoms with E-state index in [1.165, 1.54) is 0 Å². The third-order valence-corrected chi connectivity index (χ3v) is 6.25. The molecule has 1 aliphatic heterocycles. The highest BCUT2D eigenvalue weighted by atomic mass is 32.2. The molecule has 24 heavy (non-hydrogen) atoms. The van der Waals surface area contributed by atoms with Crippen LogP contribution in [0.2, 0.25) is 0 Å². The maximum Gasteiger partial charge on any atom is 0.299 e. The Kier molecular flexibility index (Phi) is 4.00. The van der Waals surface area contributed by atoms with E-state index in [2.05, 4.69) is 9.44 Å². The van der Waals surface area contributed by atoms with Crippen LogP contribution in [0.4, 0.5) is 11.4 Å². The van der Waals surface area contributed by atoms with Crippen molar-refractivity contribution in [1.29, 1.82) is 0 Å². The van der Waals surface area contributed by atoms with Crippen molar-refractivity contribution in [3.05, 3.63) is 23.8 Å². The van der Waals surface area contributed by atoms with Gasteiger partial charge in [0.05, 0.1) is 5.69 Å². The van der Waals surface area contributed by atoms with Crippen molar-refractivity contribution in [2.75, 3.05) is 16.2 Å². The van der Waals surface area contributed by atoms with Crippen LogP contribution >= 0.6 is 0 Å². The van der Waals surface area contributed by atoms with Crippen LogP contribution in [0.3, 0.4) is 0 Å². The first kappa shape index (κ1) is 15.9. The summed E-state index contributed by atoms with van der Waals surface area (Å²) in [5, 5.41) is 0. The number of benzene rings is 1. The minimum absolute atomic E-state index is 0.0323. The summed E-state index contributed by atoms with van der Waals surface area (Å²) in [6.45, 7) is 0.696. The number of carbonyl (C=O) groups is 1. The van der Waals surface area contributed by atoms with Crippen molar-refractivity contribution in [1.82, 2.24) is 4.72 Å². The van der Waals surface area contributed by atoms with Gasteiger partial charge >= 0.3 is 0 Å². The van der Waals surface area contributed by atoms with Crippen LogP contribution < -0.4 is 14.3 Å². The first-order chi connectivity index (χ1) is 11.5. The predicted molar refractivity (Wildman–Crippen MR) is 93.2 cm³/mol. The van der Waals surface area contributed by atoms with E-state index < -0.39 is 10.2 Å². The van der Waals surface area contributed by atoms with Gasteiger partial charge in [-0.15, -0.1) is 0 Å². The minimum atomic E-state index is -3.58. The topological polar surface area (TPSA) is 78.5 Å². The number of hydrogen-bond acceptors (Lipinski definition) is 3. The van der Waals surface area contributed by atoms with Gasteiger partial charge in [0, 0.05) is 24.2 Å². The summed E-state index contributed by atoms with van der Waals surface area (Å²) in [7, 11) is -3.58. The van der Waals surface area contributed by atoms with Crippen molar-refractivity contribution in [3.63, 3.8) is 0 Å². The lowest BCUT2D eigenvalue weighted by atomic mass is 10.1. The monoisotopic (exact) mass is 349 g/mol. The molecule has 2 fully saturated rings. The molecule has 1 amide bonds. The average molecular weight is 349 g/mol. The van der Waals surface area contributed by atoms with Crippen LogP contribution in [-0.4, -0.2) is 26.9 Å². The zero-order valence-corrected chi connectivity index (χ0v) is 14.4. The van der Waals surface area contributed by atoms with Crippen molar-refractivity contribution >= 4 is 27.5 Å². The quantitative estimate of drug-likeness (QED) is 0.855. The second kappa shape index (κ2) is 6.04. The van der Waals surface area contributed by atoms with E-state index in [-0.39, 0.29) is 17.9 Å². The van der Waals surface area contributed by atoms with Crippen LogP contribution in [0.5, 0.6) is 0 Å². The molecule has 0 bridgehead atoms. The number of nitrogens with zero attached hydrogens (tertiary/aromatic N) is 1. The van der Waals surface area contributed by atoms with Gasteiger partial charge in [-0.05, 0) is 49.8 Å². The van der Waals surface area contributed by atoms with E-state index in [4.69, 9.17) is 0 Å². The fraction of sp³-hybridized carbons (Fsp3) is 0.588. The lowest BCUT2D eigenvalue weighted by Gasteiger charge is -2.19. The fourth-order valence-corrected chi connectivity index (χ4v) is 4.84. The molecule has 130 valence electrons. The summed E-state index contributed by atoms with van der Waals surface area (Å²) in [5.41, 5.74) is 2.47. The van der Waals surface area contributed by atoms with Gasteiger partial charge in [-0.25, -0.2) is 0 Å². The van der Waals surface area contributed by atoms with Gasteiger partial charge in [0.25, 0.3) is 10.2 Å². The molecule has 0 saturated heterocycles. The molecule has 0 unspecified atom stereocenters. The van der Waals surface area contributed by atoms with Gasteiger partial charge in [0.1, 0.15) is 0 Å². The van der Waals surface area contributed by atoms with Crippen molar-refractivity contribution < 1.29 is 13.2 Å². The Bertz CT molecular complexity index is 752. The largest absolute Gasteiger partial charge is 0.312 e. The third-order valence-electron chi connectivity index (χ3n) is 5.10. The Balaban J connectivity index is 1.50. The second-order valence-electron chi connectivity index (χ2n) is 7.06. The van der Waals surface area contributed by atoms with Gasteiger partial charge in [-0.2, -0.15) is 13.1 Å². The first-order valence-corrected chi connectivity index (χ1v) is 10.2. The number of fused-ring (bicyclic) bond motifs is 1. The summed E-state index contributed by atoms with van der Waals surface area (Å²) in [4.78, 5) is 14.2. The molecule has 0 spiro atoms. The van der Waals surface area contributed by atoms with E-state index >= 15 is 0 Å². The smallest absolute Gasteiger partial charge is 0.299 e. The molecule has 2 N–H and O–H groups in total. The van der Waals surface area contributed by atoms with Gasteiger partial charge in [-0.1, -0.05) is 18.9 Å². The van der Waals surface area contributed by atoms with Crippen molar-refractivity contribution in [2.45, 2.75) is 51.0 Å². The Hall–Kier alpha value is -1.60. The third kappa shape index (κ3) is 3.28. The van der Waals surface area contributed by atoms with E-state index in [0.29, 0.717) is 12.2 Å². The molecule has 1 aromatic rings. The van der Waals surface area contributed by atoms with Crippen molar-refractivity contribution in [3.8, 4) is 0 Å². The van der Waals surface area contributed by atoms with E-state index in [9.17, 15) is 13.2 Å². The highest BCUT2D eigenvalue weighted by Gasteiger charge is 2.36. The number of hydrogen-bond donors (Lipinski definition) is 2. The maximum atomic E-state index is 12.4. The molecule has 1 aromatic carbocycles. The summed E-state index contributed by atoms with van der Waals surface area (Å²) >= 11 is 0. The Morgan fingerprint density at radius 2 is 1.88 bits per heavy atom. The van der Waals surface area contributed by atoms with Gasteiger partial charge in [0.15, 0.2) is 0 Å². The molecule has 0 radical (unpaired) electrons. The Morgan fingerprint density at radius 1 is 1.12 bits per heavy atom. The molecule has 4 rings (SSSR count). The number of carbonyl (C=O) groups excluding carboxylic acids is 1. The summed E-state index contributed by atoms with van der Waals surface area (Å²) in [5.74, 6) is 0.346. The second-order valence-corrected chi connectivity index (χ2v) is 8.51. The Morgan fingerprint density at radius 3 is 2.58 bits per heavy atom. The highest BCUT2D eigenvalue weighted by Crippen LogP contribution is 2.37. The molecular weight excluding hydrogens is 326 g/mol. The zero-order chi connectivity index (χ0) is 16.7. The molecule has 6 nitrogen and oxygen atoms in total. The van der Waals surface area contributed by atoms with Gasteiger partial charge < -0.3 is 4.90 Å². The molecule has 1 heterocycles. The average Bonchev–Trinajstić information content (AvgIpc) is 3.11. The van der Waals surface area contributed by atoms with E-state index in [0.717, 1.165) is 56.2 Å². The standard InChI is InChI=1S/C17H23N3O3S/c21-17(13-5-6-13)20-10-9-12-7-8-15(11-16(12)20)19-24(22,23)18-14-3-1-2-4-14/h7-8,11,13-14,18-19H,1-6,9-10H2. The van der Waals surface area contributed by atoms with Crippen LogP contribution in [0.15, 0.2) is 18.2 Å². The SMILES string of the molecule is O=C(C1CC1)N1CCc2ccc(NS(=O)(=O)NC3CCCC3)cc21. The molecule has 2 saturated carbocycles. The predicted octanol–water partition coefficient (Wildman–Crippen LogP) is 2.17. The lowest BCUT2D eigenvalue weighted by Crippen LogP contribution is -2.37. The zero-order valence-electron chi connectivity index (χ0n) is 13.6. The van der Waals surface area contributed by atoms with Crippen molar-refractivity contribution in [2.24, 2.45) is 5.92 Å².